The molecule has 4 heterocycles. The highest BCUT2D eigenvalue weighted by Gasteiger charge is 2.62. The van der Waals surface area contributed by atoms with Gasteiger partial charge in [-0.15, -0.1) is 0 Å². The van der Waals surface area contributed by atoms with Crippen LogP contribution in [0.3, 0.4) is 0 Å². The lowest BCUT2D eigenvalue weighted by Gasteiger charge is -2.30. The summed E-state index contributed by atoms with van der Waals surface area (Å²) in [5.41, 5.74) is 1.41. The number of alkyl carbamates (subject to hydrolysis) is 1. The fraction of sp³-hybridized carbons (Fsp3) is 0.511. The van der Waals surface area contributed by atoms with Gasteiger partial charge in [-0.2, -0.15) is 4.98 Å². The predicted molar refractivity (Wildman–Crippen MR) is 226 cm³/mol. The molecule has 9 rings (SSSR count). The van der Waals surface area contributed by atoms with E-state index in [9.17, 15) is 32.0 Å². The molecule has 3 N–H and O–H groups in total. The van der Waals surface area contributed by atoms with Gasteiger partial charge in [0.25, 0.3) is 11.8 Å². The number of nitrogens with one attached hydrogen (secondary N) is 3. The Bertz CT molecular complexity index is 2590. The Morgan fingerprint density at radius 1 is 0.968 bits per heavy atom. The minimum Gasteiger partial charge on any atom is -0.470 e. The third kappa shape index (κ3) is 8.47. The van der Waals surface area contributed by atoms with Crippen LogP contribution in [0, 0.1) is 25.6 Å². The molecule has 0 spiro atoms. The van der Waals surface area contributed by atoms with Crippen molar-refractivity contribution in [1.29, 1.82) is 0 Å². The summed E-state index contributed by atoms with van der Waals surface area (Å²) in [6.07, 6.45) is 9.43. The average Bonchev–Trinajstić information content (AvgIpc) is 4.05. The summed E-state index contributed by atoms with van der Waals surface area (Å²) in [6.45, 7) is 3.47. The Balaban J connectivity index is 1.06. The molecule has 4 aromatic rings. The van der Waals surface area contributed by atoms with E-state index >= 15 is 0 Å². The summed E-state index contributed by atoms with van der Waals surface area (Å²) in [5.74, 6) is -2.75. The lowest BCUT2D eigenvalue weighted by atomic mass is 10.0. The van der Waals surface area contributed by atoms with Gasteiger partial charge in [-0.05, 0) is 102 Å². The molecular weight excluding hydrogens is 820 g/mol. The van der Waals surface area contributed by atoms with Crippen LogP contribution in [0.4, 0.5) is 9.18 Å². The maximum Gasteiger partial charge on any atom is 0.408 e. The average molecular weight is 871 g/mol. The number of fused-ring (bicyclic) bond motifs is 5. The highest BCUT2D eigenvalue weighted by molar-refractivity contribution is 7.91. The van der Waals surface area contributed by atoms with E-state index in [1.54, 1.807) is 19.1 Å². The fourth-order valence-electron chi connectivity index (χ4n) is 9.01. The maximum absolute atomic E-state index is 14.9. The molecule has 15 nitrogen and oxygen atoms in total. The van der Waals surface area contributed by atoms with Crippen molar-refractivity contribution in [2.24, 2.45) is 5.92 Å². The molecule has 2 aromatic heterocycles. The van der Waals surface area contributed by atoms with Crippen LogP contribution in [-0.4, -0.2) is 88.7 Å². The minimum absolute atomic E-state index is 0.0174. The Morgan fingerprint density at radius 2 is 1.76 bits per heavy atom. The van der Waals surface area contributed by atoms with Crippen molar-refractivity contribution in [1.82, 2.24) is 30.2 Å². The highest BCUT2D eigenvalue weighted by Crippen LogP contribution is 2.46. The molecule has 2 aromatic carbocycles. The summed E-state index contributed by atoms with van der Waals surface area (Å²) in [7, 11) is -3.94. The number of hydrogen-bond donors (Lipinski definition) is 3. The van der Waals surface area contributed by atoms with E-state index in [0.29, 0.717) is 53.3 Å². The molecule has 4 amide bonds. The number of furan rings is 1. The number of allylic oxidation sites excluding steroid dienone is 1. The summed E-state index contributed by atoms with van der Waals surface area (Å²) in [4.78, 5) is 67.5. The number of aryl methyl sites for hydroxylation is 2. The zero-order valence-corrected chi connectivity index (χ0v) is 35.6. The Labute approximate surface area is 358 Å². The molecule has 17 heteroatoms. The van der Waals surface area contributed by atoms with Crippen molar-refractivity contribution in [3.05, 3.63) is 65.5 Å². The number of aromatic nitrogens is 2. The van der Waals surface area contributed by atoms with Crippen molar-refractivity contribution in [2.75, 3.05) is 6.54 Å². The minimum atomic E-state index is -3.94. The second kappa shape index (κ2) is 16.6. The summed E-state index contributed by atoms with van der Waals surface area (Å²) in [6, 6.07) is 8.05. The lowest BCUT2D eigenvalue weighted by molar-refractivity contribution is -0.141. The van der Waals surface area contributed by atoms with Crippen LogP contribution >= 0.6 is 0 Å². The molecule has 0 radical (unpaired) electrons. The molecule has 5 unspecified atom stereocenters. The van der Waals surface area contributed by atoms with E-state index in [-0.39, 0.29) is 49.2 Å². The standard InChI is InChI=1S/C45H51FN6O9S/c1-25-14-19-36-32(20-25)37-38(61-36)41(49-39(48-37)27-16-15-26(2)33(46)21-27)59-30-22-35-40(53)50-45(43(55)51-62(57,58)31-17-18-31)23-28(45)10-6-4-3-5-7-13-34(42(54)52(35)24-30)47-44(56)60-29-11-8-9-12-29/h6,10,14-16,19-21,28-31,34-35H,3-5,7-9,11-13,17-18,22-24H2,1-2H3,(H,47,56)(H,50,53)(H,51,55)/b10-6-. The van der Waals surface area contributed by atoms with Crippen LogP contribution in [0.5, 0.6) is 5.88 Å². The van der Waals surface area contributed by atoms with Crippen molar-refractivity contribution in [3.63, 3.8) is 0 Å². The topological polar surface area (TPSA) is 199 Å². The van der Waals surface area contributed by atoms with Gasteiger partial charge < -0.3 is 29.4 Å². The zero-order valence-electron chi connectivity index (χ0n) is 34.8. The van der Waals surface area contributed by atoms with E-state index in [4.69, 9.17) is 23.9 Å². The van der Waals surface area contributed by atoms with Gasteiger partial charge in [0.15, 0.2) is 5.82 Å². The quantitative estimate of drug-likeness (QED) is 0.171. The predicted octanol–water partition coefficient (Wildman–Crippen LogP) is 6.19. The number of rotatable bonds is 8. The number of carbonyl (C=O) groups excluding carboxylic acids is 4. The summed E-state index contributed by atoms with van der Waals surface area (Å²) in [5, 5.41) is 5.72. The van der Waals surface area contributed by atoms with Gasteiger partial charge in [-0.25, -0.2) is 22.6 Å². The van der Waals surface area contributed by atoms with E-state index in [1.165, 1.54) is 11.0 Å². The number of carbonyl (C=O) groups is 4. The third-order valence-corrected chi connectivity index (χ3v) is 14.7. The molecule has 1 saturated heterocycles. The Hall–Kier alpha value is -5.58. The molecular formula is C45H51FN6O9S. The number of nitrogens with zero attached hydrogens (tertiary/aromatic N) is 3. The first-order valence-electron chi connectivity index (χ1n) is 21.7. The zero-order chi connectivity index (χ0) is 43.3. The monoisotopic (exact) mass is 870 g/mol. The number of hydrogen-bond acceptors (Lipinski definition) is 11. The number of halogens is 1. The first-order valence-corrected chi connectivity index (χ1v) is 23.3. The number of ether oxygens (including phenoxy) is 2. The van der Waals surface area contributed by atoms with Gasteiger partial charge in [-0.3, -0.25) is 19.1 Å². The van der Waals surface area contributed by atoms with E-state index in [1.807, 2.05) is 37.3 Å². The Kier molecular flexibility index (Phi) is 11.2. The fourth-order valence-corrected chi connectivity index (χ4v) is 10.4. The second-order valence-corrected chi connectivity index (χ2v) is 19.6. The van der Waals surface area contributed by atoms with Crippen molar-refractivity contribution >= 4 is 55.9 Å². The van der Waals surface area contributed by atoms with Gasteiger partial charge >= 0.3 is 6.09 Å². The highest BCUT2D eigenvalue weighted by atomic mass is 32.2. The molecule has 5 aliphatic rings. The molecule has 62 heavy (non-hydrogen) atoms. The normalized spacial score (nSPS) is 26.5. The molecule has 0 bridgehead atoms. The van der Waals surface area contributed by atoms with Crippen LogP contribution in [-0.2, 0) is 29.1 Å². The van der Waals surface area contributed by atoms with Crippen LogP contribution < -0.4 is 20.1 Å². The van der Waals surface area contributed by atoms with E-state index in [2.05, 4.69) is 15.4 Å². The molecule has 5 atom stereocenters. The van der Waals surface area contributed by atoms with Crippen LogP contribution in [0.25, 0.3) is 33.5 Å². The van der Waals surface area contributed by atoms with Gasteiger partial charge in [0.05, 0.1) is 11.8 Å². The largest absolute Gasteiger partial charge is 0.470 e. The Morgan fingerprint density at radius 3 is 2.53 bits per heavy atom. The van der Waals surface area contributed by atoms with Gasteiger partial charge in [0, 0.05) is 23.3 Å². The van der Waals surface area contributed by atoms with Crippen molar-refractivity contribution in [2.45, 2.75) is 132 Å². The van der Waals surface area contributed by atoms with Gasteiger partial charge in [0.1, 0.15) is 46.7 Å². The number of sulfonamides is 1. The SMILES string of the molecule is Cc1ccc2oc3c(OC4CC5C(=O)NC6(C(=O)NS(=O)(=O)C7CC7)CC6/C=C\CCCCCC(NC(=O)OC6CCCC6)C(=O)N5C4)nc(-c4ccc(C)c(F)c4)nc3c2c1. The number of amides is 4. The molecule has 3 aliphatic carbocycles. The molecule has 328 valence electrons. The van der Waals surface area contributed by atoms with Gasteiger partial charge in [-0.1, -0.05) is 48.8 Å². The third-order valence-electron chi connectivity index (χ3n) is 12.9. The van der Waals surface area contributed by atoms with Crippen molar-refractivity contribution in [3.8, 4) is 17.3 Å². The van der Waals surface area contributed by atoms with Crippen LogP contribution in [0.2, 0.25) is 0 Å². The van der Waals surface area contributed by atoms with Gasteiger partial charge in [0.2, 0.25) is 27.4 Å². The summed E-state index contributed by atoms with van der Waals surface area (Å²) < 4.78 is 61.6. The smallest absolute Gasteiger partial charge is 0.408 e. The molecule has 3 saturated carbocycles. The first-order chi connectivity index (χ1) is 29.8. The van der Waals surface area contributed by atoms with Crippen LogP contribution in [0.1, 0.15) is 94.6 Å². The summed E-state index contributed by atoms with van der Waals surface area (Å²) >= 11 is 0. The molecule has 2 aliphatic heterocycles. The molecule has 4 fully saturated rings. The van der Waals surface area contributed by atoms with Crippen LogP contribution in [0.15, 0.2) is 53.0 Å². The lowest BCUT2D eigenvalue weighted by Crippen LogP contribution is -2.58. The van der Waals surface area contributed by atoms with E-state index in [0.717, 1.165) is 44.1 Å². The van der Waals surface area contributed by atoms with E-state index < -0.39 is 74.5 Å². The number of benzene rings is 2. The first kappa shape index (κ1) is 41.8. The van der Waals surface area contributed by atoms with Crippen molar-refractivity contribution < 1.29 is 45.9 Å². The maximum atomic E-state index is 14.9. The second-order valence-electron chi connectivity index (χ2n) is 17.6.